The molecular formula is C10H16N2O2. The van der Waals surface area contributed by atoms with E-state index in [9.17, 15) is 4.79 Å². The lowest BCUT2D eigenvalue weighted by Gasteiger charge is -2.25. The molecule has 14 heavy (non-hydrogen) atoms. The van der Waals surface area contributed by atoms with Gasteiger partial charge < -0.3 is 9.64 Å². The average molecular weight is 196 g/mol. The zero-order valence-electron chi connectivity index (χ0n) is 8.45. The monoisotopic (exact) mass is 196 g/mol. The van der Waals surface area contributed by atoms with E-state index in [-0.39, 0.29) is 11.6 Å². The van der Waals surface area contributed by atoms with Crippen molar-refractivity contribution in [2.45, 2.75) is 43.9 Å². The van der Waals surface area contributed by atoms with Crippen LogP contribution in [0.5, 0.6) is 0 Å². The molecule has 3 rings (SSSR count). The first-order valence-corrected chi connectivity index (χ1v) is 5.41. The van der Waals surface area contributed by atoms with Crippen LogP contribution in [-0.2, 0) is 9.53 Å². The van der Waals surface area contributed by atoms with Crippen LogP contribution >= 0.6 is 0 Å². The van der Waals surface area contributed by atoms with Gasteiger partial charge >= 0.3 is 0 Å². The van der Waals surface area contributed by atoms with Gasteiger partial charge in [-0.25, -0.2) is 0 Å². The zero-order chi connectivity index (χ0) is 9.76. The molecular weight excluding hydrogens is 180 g/mol. The summed E-state index contributed by atoms with van der Waals surface area (Å²) < 4.78 is 5.49. The highest BCUT2D eigenvalue weighted by atomic mass is 16.5. The van der Waals surface area contributed by atoms with Crippen LogP contribution in [0.4, 0.5) is 0 Å². The maximum absolute atomic E-state index is 12.0. The van der Waals surface area contributed by atoms with Gasteiger partial charge in [0.15, 0.2) is 0 Å². The van der Waals surface area contributed by atoms with Crippen LogP contribution in [-0.4, -0.2) is 41.8 Å². The van der Waals surface area contributed by atoms with Crippen molar-refractivity contribution in [2.24, 2.45) is 0 Å². The molecule has 0 aromatic carbocycles. The second-order valence-electron chi connectivity index (χ2n) is 4.62. The largest absolute Gasteiger partial charge is 0.376 e. The molecule has 1 N–H and O–H groups in total. The Bertz CT molecular complexity index is 275. The fourth-order valence-electron chi connectivity index (χ4n) is 2.57. The maximum atomic E-state index is 12.0. The summed E-state index contributed by atoms with van der Waals surface area (Å²) in [5, 5.41) is 3.33. The Morgan fingerprint density at radius 2 is 2.36 bits per heavy atom. The van der Waals surface area contributed by atoms with Crippen LogP contribution in [0.1, 0.15) is 26.2 Å². The standard InChI is InChI=1S/C10H16N2O2/c1-7-8(2-5-14-7)12-6-11-10(3-4-10)9(12)13/h7-8,11H,2-6H2,1H3. The lowest BCUT2D eigenvalue weighted by atomic mass is 10.1. The molecule has 2 atom stereocenters. The summed E-state index contributed by atoms with van der Waals surface area (Å²) in [7, 11) is 0. The molecule has 2 saturated heterocycles. The van der Waals surface area contributed by atoms with Crippen LogP contribution in [0.15, 0.2) is 0 Å². The molecule has 4 nitrogen and oxygen atoms in total. The van der Waals surface area contributed by atoms with E-state index in [0.29, 0.717) is 11.9 Å². The molecule has 1 saturated carbocycles. The second kappa shape index (κ2) is 2.70. The van der Waals surface area contributed by atoms with Crippen LogP contribution in [0.3, 0.4) is 0 Å². The molecule has 3 fully saturated rings. The van der Waals surface area contributed by atoms with Crippen molar-refractivity contribution in [3.63, 3.8) is 0 Å². The van der Waals surface area contributed by atoms with Crippen molar-refractivity contribution in [2.75, 3.05) is 13.3 Å². The molecule has 1 spiro atoms. The van der Waals surface area contributed by atoms with Gasteiger partial charge in [-0.3, -0.25) is 10.1 Å². The third kappa shape index (κ3) is 1.04. The third-order valence-electron chi connectivity index (χ3n) is 3.74. The second-order valence-corrected chi connectivity index (χ2v) is 4.62. The predicted octanol–water partition coefficient (Wildman–Crippen LogP) is 0.0857. The zero-order valence-corrected chi connectivity index (χ0v) is 8.45. The Hall–Kier alpha value is -0.610. The van der Waals surface area contributed by atoms with E-state index in [1.807, 2.05) is 4.90 Å². The summed E-state index contributed by atoms with van der Waals surface area (Å²) >= 11 is 0. The summed E-state index contributed by atoms with van der Waals surface area (Å²) in [4.78, 5) is 14.0. The normalized spacial score (nSPS) is 39.8. The molecule has 4 heteroatoms. The summed E-state index contributed by atoms with van der Waals surface area (Å²) in [6, 6.07) is 0.301. The highest BCUT2D eigenvalue weighted by molar-refractivity contribution is 5.91. The van der Waals surface area contributed by atoms with Crippen molar-refractivity contribution in [3.8, 4) is 0 Å². The first kappa shape index (κ1) is 8.68. The van der Waals surface area contributed by atoms with Crippen LogP contribution in [0.25, 0.3) is 0 Å². The Balaban J connectivity index is 1.77. The molecule has 2 heterocycles. The van der Waals surface area contributed by atoms with Gasteiger partial charge in [0, 0.05) is 6.61 Å². The Morgan fingerprint density at radius 1 is 1.57 bits per heavy atom. The van der Waals surface area contributed by atoms with Crippen LogP contribution < -0.4 is 5.32 Å². The van der Waals surface area contributed by atoms with Gasteiger partial charge in [-0.15, -0.1) is 0 Å². The number of hydrogen-bond acceptors (Lipinski definition) is 3. The van der Waals surface area contributed by atoms with Gasteiger partial charge in [0.05, 0.1) is 24.4 Å². The molecule has 0 radical (unpaired) electrons. The molecule has 1 aliphatic carbocycles. The van der Waals surface area contributed by atoms with Gasteiger partial charge in [-0.1, -0.05) is 0 Å². The Labute approximate surface area is 83.6 Å². The van der Waals surface area contributed by atoms with Crippen LogP contribution in [0.2, 0.25) is 0 Å². The molecule has 2 aliphatic heterocycles. The number of carbonyl (C=O) groups is 1. The molecule has 1 amide bonds. The number of nitrogens with zero attached hydrogens (tertiary/aromatic N) is 1. The number of ether oxygens (including phenoxy) is 1. The lowest BCUT2D eigenvalue weighted by Crippen LogP contribution is -2.42. The number of amides is 1. The smallest absolute Gasteiger partial charge is 0.244 e. The minimum Gasteiger partial charge on any atom is -0.376 e. The van der Waals surface area contributed by atoms with E-state index in [0.717, 1.165) is 32.5 Å². The maximum Gasteiger partial charge on any atom is 0.244 e. The molecule has 0 bridgehead atoms. The van der Waals surface area contributed by atoms with Gasteiger partial charge in [0.1, 0.15) is 0 Å². The van der Waals surface area contributed by atoms with E-state index < -0.39 is 0 Å². The quantitative estimate of drug-likeness (QED) is 0.646. The van der Waals surface area contributed by atoms with E-state index in [1.54, 1.807) is 0 Å². The SMILES string of the molecule is CC1OCCC1N1CNC2(CC2)C1=O. The minimum absolute atomic E-state index is 0.150. The number of rotatable bonds is 1. The Morgan fingerprint density at radius 3 is 2.86 bits per heavy atom. The predicted molar refractivity (Wildman–Crippen MR) is 50.6 cm³/mol. The van der Waals surface area contributed by atoms with Crippen molar-refractivity contribution in [1.82, 2.24) is 10.2 Å². The fraction of sp³-hybridized carbons (Fsp3) is 0.900. The molecule has 0 aromatic rings. The first-order chi connectivity index (χ1) is 6.73. The van der Waals surface area contributed by atoms with Gasteiger partial charge in [0.25, 0.3) is 0 Å². The first-order valence-electron chi connectivity index (χ1n) is 5.41. The number of hydrogen-bond donors (Lipinski definition) is 1. The van der Waals surface area contributed by atoms with Gasteiger partial charge in [-0.2, -0.15) is 0 Å². The van der Waals surface area contributed by atoms with Crippen molar-refractivity contribution in [1.29, 1.82) is 0 Å². The Kier molecular flexibility index (Phi) is 1.67. The van der Waals surface area contributed by atoms with E-state index in [1.165, 1.54) is 0 Å². The van der Waals surface area contributed by atoms with E-state index in [2.05, 4.69) is 12.2 Å². The van der Waals surface area contributed by atoms with Gasteiger partial charge in [0.2, 0.25) is 5.91 Å². The van der Waals surface area contributed by atoms with Crippen molar-refractivity contribution >= 4 is 5.91 Å². The highest BCUT2D eigenvalue weighted by Crippen LogP contribution is 2.41. The fourth-order valence-corrected chi connectivity index (χ4v) is 2.57. The molecule has 3 aliphatic rings. The van der Waals surface area contributed by atoms with Gasteiger partial charge in [-0.05, 0) is 26.2 Å². The minimum atomic E-state index is -0.150. The topological polar surface area (TPSA) is 41.6 Å². The summed E-state index contributed by atoms with van der Waals surface area (Å²) in [6.07, 6.45) is 3.23. The summed E-state index contributed by atoms with van der Waals surface area (Å²) in [5.41, 5.74) is -0.150. The lowest BCUT2D eigenvalue weighted by molar-refractivity contribution is -0.132. The number of nitrogens with one attached hydrogen (secondary N) is 1. The highest BCUT2D eigenvalue weighted by Gasteiger charge is 2.57. The third-order valence-corrected chi connectivity index (χ3v) is 3.74. The van der Waals surface area contributed by atoms with Crippen LogP contribution in [0, 0.1) is 0 Å². The van der Waals surface area contributed by atoms with E-state index in [4.69, 9.17) is 4.74 Å². The number of carbonyl (C=O) groups excluding carboxylic acids is 1. The average Bonchev–Trinajstić information content (AvgIpc) is 2.75. The van der Waals surface area contributed by atoms with E-state index >= 15 is 0 Å². The molecule has 2 unspecified atom stereocenters. The molecule has 78 valence electrons. The van der Waals surface area contributed by atoms with Crippen molar-refractivity contribution in [3.05, 3.63) is 0 Å². The summed E-state index contributed by atoms with van der Waals surface area (Å²) in [5.74, 6) is 0.305. The van der Waals surface area contributed by atoms with Crippen molar-refractivity contribution < 1.29 is 9.53 Å². The summed E-state index contributed by atoms with van der Waals surface area (Å²) in [6.45, 7) is 3.57. The molecule has 0 aromatic heterocycles.